The van der Waals surface area contributed by atoms with Crippen LogP contribution in [0.3, 0.4) is 0 Å². The maximum Gasteiger partial charge on any atom is 0.0540 e. The van der Waals surface area contributed by atoms with Crippen LogP contribution in [-0.2, 0) is 0 Å². The summed E-state index contributed by atoms with van der Waals surface area (Å²) in [5.74, 6) is 0. The smallest absolute Gasteiger partial charge is 0.0540 e. The molecular weight excluding hydrogens is 316 g/mol. The molecule has 1 N–H and O–H groups in total. The fraction of sp³-hybridized carbons (Fsp3) is 1.00. The van der Waals surface area contributed by atoms with Crippen molar-refractivity contribution in [3.63, 3.8) is 0 Å². The molecule has 1 nitrogen and oxygen atoms in total. The Labute approximate surface area is 166 Å². The van der Waals surface area contributed by atoms with Crippen LogP contribution in [0.1, 0.15) is 155 Å². The molecule has 0 saturated carbocycles. The molecule has 26 heavy (non-hydrogen) atoms. The highest BCUT2D eigenvalue weighted by atomic mass is 16.3. The number of aliphatic hydroxyl groups excluding tert-OH is 1. The van der Waals surface area contributed by atoms with E-state index in [0.717, 1.165) is 12.8 Å². The number of aliphatic hydroxyl groups is 1. The minimum absolute atomic E-state index is 0.0292. The first-order valence-corrected chi connectivity index (χ1v) is 12.5. The summed E-state index contributed by atoms with van der Waals surface area (Å²) in [6.07, 6.45) is 29.7. The van der Waals surface area contributed by atoms with Gasteiger partial charge in [0.1, 0.15) is 0 Å². The van der Waals surface area contributed by atoms with Gasteiger partial charge in [0, 0.05) is 0 Å². The second kappa shape index (κ2) is 23.0. The molecule has 0 heterocycles. The summed E-state index contributed by atoms with van der Waals surface area (Å²) in [6, 6.07) is 0. The van der Waals surface area contributed by atoms with E-state index in [1.54, 1.807) is 0 Å². The molecule has 0 spiro atoms. The van der Waals surface area contributed by atoms with Gasteiger partial charge in [0.15, 0.2) is 0 Å². The Morgan fingerprint density at radius 2 is 0.615 bits per heavy atom. The molecule has 0 aliphatic carbocycles. The van der Waals surface area contributed by atoms with Crippen LogP contribution in [0.5, 0.6) is 0 Å². The molecule has 0 aromatic rings. The van der Waals surface area contributed by atoms with E-state index in [1.807, 2.05) is 0 Å². The molecule has 1 unspecified atom stereocenters. The van der Waals surface area contributed by atoms with Crippen molar-refractivity contribution in [3.8, 4) is 0 Å². The molecule has 1 atom stereocenters. The topological polar surface area (TPSA) is 20.2 Å². The van der Waals surface area contributed by atoms with Crippen LogP contribution in [-0.4, -0.2) is 11.2 Å². The molecule has 0 aliphatic heterocycles. The summed E-state index contributed by atoms with van der Waals surface area (Å²) >= 11 is 0. The second-order valence-electron chi connectivity index (χ2n) is 8.60. The fourth-order valence-electron chi connectivity index (χ4n) is 3.88. The van der Waals surface area contributed by atoms with Gasteiger partial charge >= 0.3 is 0 Å². The summed E-state index contributed by atoms with van der Waals surface area (Å²) in [4.78, 5) is 0. The van der Waals surface area contributed by atoms with Crippen LogP contribution in [0.15, 0.2) is 0 Å². The highest BCUT2D eigenvalue weighted by molar-refractivity contribution is 4.57. The van der Waals surface area contributed by atoms with E-state index in [0.29, 0.717) is 0 Å². The zero-order chi connectivity index (χ0) is 19.1. The van der Waals surface area contributed by atoms with Gasteiger partial charge in [-0.2, -0.15) is 0 Å². The Balaban J connectivity index is 3.09. The molecular formula is C25H52O. The van der Waals surface area contributed by atoms with Gasteiger partial charge in [-0.3, -0.25) is 0 Å². The van der Waals surface area contributed by atoms with Gasteiger partial charge in [0.25, 0.3) is 0 Å². The highest BCUT2D eigenvalue weighted by Gasteiger charge is 2.03. The van der Waals surface area contributed by atoms with Crippen molar-refractivity contribution in [1.82, 2.24) is 0 Å². The lowest BCUT2D eigenvalue weighted by Gasteiger charge is -2.10. The summed E-state index contributed by atoms with van der Waals surface area (Å²) in [5, 5.41) is 10.0. The van der Waals surface area contributed by atoms with E-state index in [2.05, 4.69) is 13.8 Å². The lowest BCUT2D eigenvalue weighted by atomic mass is 10.0. The maximum atomic E-state index is 10.0. The van der Waals surface area contributed by atoms with Crippen LogP contribution in [0.2, 0.25) is 0 Å². The van der Waals surface area contributed by atoms with Crippen molar-refractivity contribution in [1.29, 1.82) is 0 Å². The van der Waals surface area contributed by atoms with Crippen LogP contribution >= 0.6 is 0 Å². The SMILES string of the molecule is CCCCCCCCCCCCCCCCC(O)CCCCCCCC. The fourth-order valence-corrected chi connectivity index (χ4v) is 3.88. The molecule has 0 radical (unpaired) electrons. The van der Waals surface area contributed by atoms with E-state index in [1.165, 1.54) is 128 Å². The Kier molecular flexibility index (Phi) is 23.0. The third-order valence-electron chi connectivity index (χ3n) is 5.78. The molecule has 0 bridgehead atoms. The van der Waals surface area contributed by atoms with Gasteiger partial charge in [-0.1, -0.05) is 142 Å². The molecule has 0 aromatic heterocycles. The minimum Gasteiger partial charge on any atom is -0.393 e. The third kappa shape index (κ3) is 22.0. The van der Waals surface area contributed by atoms with E-state index in [9.17, 15) is 5.11 Å². The largest absolute Gasteiger partial charge is 0.393 e. The first-order valence-electron chi connectivity index (χ1n) is 12.5. The van der Waals surface area contributed by atoms with Crippen molar-refractivity contribution in [2.75, 3.05) is 0 Å². The lowest BCUT2D eigenvalue weighted by Crippen LogP contribution is -2.05. The monoisotopic (exact) mass is 368 g/mol. The van der Waals surface area contributed by atoms with E-state index >= 15 is 0 Å². The second-order valence-corrected chi connectivity index (χ2v) is 8.60. The summed E-state index contributed by atoms with van der Waals surface area (Å²) in [5.41, 5.74) is 0. The summed E-state index contributed by atoms with van der Waals surface area (Å²) in [7, 11) is 0. The molecule has 0 rings (SSSR count). The Hall–Kier alpha value is -0.0400. The number of hydrogen-bond donors (Lipinski definition) is 1. The highest BCUT2D eigenvalue weighted by Crippen LogP contribution is 2.15. The zero-order valence-electron chi connectivity index (χ0n) is 18.6. The van der Waals surface area contributed by atoms with Crippen LogP contribution in [0.4, 0.5) is 0 Å². The van der Waals surface area contributed by atoms with E-state index in [4.69, 9.17) is 0 Å². The Bertz CT molecular complexity index is 238. The van der Waals surface area contributed by atoms with Gasteiger partial charge in [-0.25, -0.2) is 0 Å². The lowest BCUT2D eigenvalue weighted by molar-refractivity contribution is 0.147. The average Bonchev–Trinajstić information content (AvgIpc) is 2.65. The quantitative estimate of drug-likeness (QED) is 0.189. The normalized spacial score (nSPS) is 12.6. The number of hydrogen-bond acceptors (Lipinski definition) is 1. The first kappa shape index (κ1) is 26.0. The van der Waals surface area contributed by atoms with Crippen molar-refractivity contribution in [2.24, 2.45) is 0 Å². The van der Waals surface area contributed by atoms with Crippen molar-refractivity contribution >= 4 is 0 Å². The van der Waals surface area contributed by atoms with E-state index in [-0.39, 0.29) is 6.10 Å². The first-order chi connectivity index (χ1) is 12.8. The molecule has 0 aliphatic rings. The van der Waals surface area contributed by atoms with Gasteiger partial charge < -0.3 is 5.11 Å². The van der Waals surface area contributed by atoms with Crippen LogP contribution < -0.4 is 0 Å². The van der Waals surface area contributed by atoms with Gasteiger partial charge in [-0.15, -0.1) is 0 Å². The molecule has 158 valence electrons. The van der Waals surface area contributed by atoms with Crippen molar-refractivity contribution in [2.45, 2.75) is 161 Å². The van der Waals surface area contributed by atoms with E-state index < -0.39 is 0 Å². The number of rotatable bonds is 22. The molecule has 0 saturated heterocycles. The average molecular weight is 369 g/mol. The van der Waals surface area contributed by atoms with Crippen LogP contribution in [0, 0.1) is 0 Å². The van der Waals surface area contributed by atoms with Gasteiger partial charge in [-0.05, 0) is 12.8 Å². The Morgan fingerprint density at radius 1 is 0.385 bits per heavy atom. The molecule has 1 heteroatoms. The third-order valence-corrected chi connectivity index (χ3v) is 5.78. The standard InChI is InChI=1S/C25H52O/c1-3-5-7-9-11-12-13-14-15-16-17-18-20-22-24-25(26)23-21-19-10-8-6-4-2/h25-26H,3-24H2,1-2H3. The molecule has 0 amide bonds. The predicted octanol–water partition coefficient (Wildman–Crippen LogP) is 8.97. The minimum atomic E-state index is -0.0292. The van der Waals surface area contributed by atoms with Gasteiger partial charge in [0.2, 0.25) is 0 Å². The zero-order valence-corrected chi connectivity index (χ0v) is 18.6. The number of unbranched alkanes of at least 4 members (excludes halogenated alkanes) is 18. The predicted molar refractivity (Wildman–Crippen MR) is 119 cm³/mol. The van der Waals surface area contributed by atoms with Crippen molar-refractivity contribution in [3.05, 3.63) is 0 Å². The molecule has 0 fully saturated rings. The van der Waals surface area contributed by atoms with Crippen molar-refractivity contribution < 1.29 is 5.11 Å². The maximum absolute atomic E-state index is 10.0. The molecule has 0 aromatic carbocycles. The van der Waals surface area contributed by atoms with Gasteiger partial charge in [0.05, 0.1) is 6.10 Å². The Morgan fingerprint density at radius 3 is 0.885 bits per heavy atom. The summed E-state index contributed by atoms with van der Waals surface area (Å²) in [6.45, 7) is 4.55. The van der Waals surface area contributed by atoms with Crippen LogP contribution in [0.25, 0.3) is 0 Å². The summed E-state index contributed by atoms with van der Waals surface area (Å²) < 4.78 is 0.